The maximum Gasteiger partial charge on any atom is 0.0715 e. The van der Waals surface area contributed by atoms with E-state index in [1.807, 2.05) is 11.6 Å². The van der Waals surface area contributed by atoms with Crippen molar-refractivity contribution in [3.8, 4) is 0 Å². The molecule has 1 heterocycles. The van der Waals surface area contributed by atoms with Crippen molar-refractivity contribution in [2.24, 2.45) is 0 Å². The predicted molar refractivity (Wildman–Crippen MR) is 52.5 cm³/mol. The lowest BCUT2D eigenvalue weighted by atomic mass is 10.1. The van der Waals surface area contributed by atoms with Gasteiger partial charge in [-0.15, -0.1) is 0 Å². The van der Waals surface area contributed by atoms with Crippen molar-refractivity contribution < 1.29 is 5.11 Å². The topological polar surface area (TPSA) is 38.0 Å². The molecular formula is C10H18N2O. The highest BCUT2D eigenvalue weighted by atomic mass is 16.3. The van der Waals surface area contributed by atoms with E-state index in [0.29, 0.717) is 6.04 Å². The fraction of sp³-hybridized carbons (Fsp3) is 0.700. The Morgan fingerprint density at radius 3 is 2.46 bits per heavy atom. The number of aromatic nitrogens is 2. The molecule has 3 nitrogen and oxygen atoms in total. The van der Waals surface area contributed by atoms with E-state index in [9.17, 15) is 0 Å². The zero-order valence-electron chi connectivity index (χ0n) is 8.62. The highest BCUT2D eigenvalue weighted by molar-refractivity contribution is 5.15. The van der Waals surface area contributed by atoms with Crippen molar-refractivity contribution in [2.45, 2.75) is 46.3 Å². The Hall–Kier alpha value is -0.830. The summed E-state index contributed by atoms with van der Waals surface area (Å²) in [5, 5.41) is 13.3. The SMILES string of the molecule is CCC(CC)n1ncc(CO)c1C. The summed E-state index contributed by atoms with van der Waals surface area (Å²) in [5.74, 6) is 0. The normalized spacial score (nSPS) is 11.2. The standard InChI is InChI=1S/C10H18N2O/c1-4-10(5-2)12-8(3)9(7-13)6-11-12/h6,10,13H,4-5,7H2,1-3H3. The zero-order chi connectivity index (χ0) is 9.84. The number of aliphatic hydroxyl groups excluding tert-OH is 1. The molecule has 1 aromatic rings. The monoisotopic (exact) mass is 182 g/mol. The minimum absolute atomic E-state index is 0.0893. The summed E-state index contributed by atoms with van der Waals surface area (Å²) in [6.07, 6.45) is 3.93. The molecule has 0 aliphatic heterocycles. The van der Waals surface area contributed by atoms with E-state index in [0.717, 1.165) is 24.1 Å². The second-order valence-electron chi connectivity index (χ2n) is 3.33. The summed E-state index contributed by atoms with van der Waals surface area (Å²) in [6, 6.07) is 0.472. The second kappa shape index (κ2) is 4.42. The highest BCUT2D eigenvalue weighted by Crippen LogP contribution is 2.18. The third-order valence-electron chi connectivity index (χ3n) is 2.61. The van der Waals surface area contributed by atoms with Crippen LogP contribution in [0, 0.1) is 6.92 Å². The summed E-state index contributed by atoms with van der Waals surface area (Å²) >= 11 is 0. The molecule has 0 bridgehead atoms. The molecule has 0 aliphatic rings. The summed E-state index contributed by atoms with van der Waals surface area (Å²) in [5.41, 5.74) is 2.03. The van der Waals surface area contributed by atoms with Crippen LogP contribution in [0.1, 0.15) is 44.0 Å². The molecule has 1 rings (SSSR count). The minimum atomic E-state index is 0.0893. The summed E-state index contributed by atoms with van der Waals surface area (Å²) in [7, 11) is 0. The first-order valence-electron chi connectivity index (χ1n) is 4.88. The lowest BCUT2D eigenvalue weighted by Crippen LogP contribution is -2.10. The Labute approximate surface area is 79.4 Å². The van der Waals surface area contributed by atoms with E-state index in [-0.39, 0.29) is 6.61 Å². The smallest absolute Gasteiger partial charge is 0.0715 e. The van der Waals surface area contributed by atoms with Crippen LogP contribution in [0.25, 0.3) is 0 Å². The molecule has 74 valence electrons. The van der Waals surface area contributed by atoms with E-state index in [2.05, 4.69) is 18.9 Å². The van der Waals surface area contributed by atoms with Crippen LogP contribution in [0.3, 0.4) is 0 Å². The first-order chi connectivity index (χ1) is 6.24. The molecule has 0 saturated carbocycles. The van der Waals surface area contributed by atoms with Gasteiger partial charge in [-0.3, -0.25) is 4.68 Å². The Morgan fingerprint density at radius 2 is 2.08 bits per heavy atom. The third kappa shape index (κ3) is 1.91. The number of rotatable bonds is 4. The van der Waals surface area contributed by atoms with Gasteiger partial charge in [-0.25, -0.2) is 0 Å². The Kier molecular flexibility index (Phi) is 3.48. The maximum atomic E-state index is 9.01. The summed E-state index contributed by atoms with van der Waals surface area (Å²) in [4.78, 5) is 0. The third-order valence-corrected chi connectivity index (χ3v) is 2.61. The van der Waals surface area contributed by atoms with Gasteiger partial charge in [0.05, 0.1) is 18.8 Å². The van der Waals surface area contributed by atoms with E-state index in [4.69, 9.17) is 5.11 Å². The van der Waals surface area contributed by atoms with E-state index < -0.39 is 0 Å². The van der Waals surface area contributed by atoms with Crippen molar-refractivity contribution >= 4 is 0 Å². The quantitative estimate of drug-likeness (QED) is 0.773. The van der Waals surface area contributed by atoms with Gasteiger partial charge in [0.25, 0.3) is 0 Å². The lowest BCUT2D eigenvalue weighted by Gasteiger charge is -2.15. The molecule has 3 heteroatoms. The Bertz CT molecular complexity index is 264. The average molecular weight is 182 g/mol. The van der Waals surface area contributed by atoms with Gasteiger partial charge in [-0.05, 0) is 19.8 Å². The summed E-state index contributed by atoms with van der Waals surface area (Å²) in [6.45, 7) is 6.42. The van der Waals surface area contributed by atoms with Crippen LogP contribution in [0.5, 0.6) is 0 Å². The number of aliphatic hydroxyl groups is 1. The van der Waals surface area contributed by atoms with Gasteiger partial charge in [-0.1, -0.05) is 13.8 Å². The fourth-order valence-electron chi connectivity index (χ4n) is 1.62. The molecule has 1 N–H and O–H groups in total. The van der Waals surface area contributed by atoms with Gasteiger partial charge in [0.2, 0.25) is 0 Å². The number of hydrogen-bond donors (Lipinski definition) is 1. The van der Waals surface area contributed by atoms with E-state index in [1.165, 1.54) is 0 Å². The molecule has 1 aromatic heterocycles. The van der Waals surface area contributed by atoms with Gasteiger partial charge in [0.1, 0.15) is 0 Å². The fourth-order valence-corrected chi connectivity index (χ4v) is 1.62. The van der Waals surface area contributed by atoms with Crippen LogP contribution in [0.15, 0.2) is 6.20 Å². The van der Waals surface area contributed by atoms with Gasteiger partial charge in [-0.2, -0.15) is 5.10 Å². The minimum Gasteiger partial charge on any atom is -0.392 e. The van der Waals surface area contributed by atoms with Gasteiger partial charge in [0, 0.05) is 11.3 Å². The molecule has 0 amide bonds. The average Bonchev–Trinajstić information content (AvgIpc) is 2.50. The number of hydrogen-bond acceptors (Lipinski definition) is 2. The van der Waals surface area contributed by atoms with Crippen LogP contribution < -0.4 is 0 Å². The zero-order valence-corrected chi connectivity index (χ0v) is 8.62. The first kappa shape index (κ1) is 10.3. The molecule has 0 atom stereocenters. The largest absolute Gasteiger partial charge is 0.392 e. The maximum absolute atomic E-state index is 9.01. The van der Waals surface area contributed by atoms with Crippen molar-refractivity contribution in [3.63, 3.8) is 0 Å². The Morgan fingerprint density at radius 1 is 1.46 bits per heavy atom. The van der Waals surface area contributed by atoms with Crippen molar-refractivity contribution in [2.75, 3.05) is 0 Å². The molecule has 0 radical (unpaired) electrons. The van der Waals surface area contributed by atoms with E-state index in [1.54, 1.807) is 6.20 Å². The van der Waals surface area contributed by atoms with Crippen molar-refractivity contribution in [1.82, 2.24) is 9.78 Å². The molecule has 0 fully saturated rings. The highest BCUT2D eigenvalue weighted by Gasteiger charge is 2.11. The second-order valence-corrected chi connectivity index (χ2v) is 3.33. The van der Waals surface area contributed by atoms with Gasteiger partial charge >= 0.3 is 0 Å². The van der Waals surface area contributed by atoms with Crippen LogP contribution in [-0.4, -0.2) is 14.9 Å². The molecular weight excluding hydrogens is 164 g/mol. The lowest BCUT2D eigenvalue weighted by molar-refractivity contribution is 0.280. The molecule has 0 aromatic carbocycles. The van der Waals surface area contributed by atoms with Crippen LogP contribution in [0.2, 0.25) is 0 Å². The Balaban J connectivity index is 2.93. The van der Waals surface area contributed by atoms with Crippen LogP contribution in [0.4, 0.5) is 0 Å². The molecule has 0 aliphatic carbocycles. The molecule has 0 spiro atoms. The van der Waals surface area contributed by atoms with E-state index >= 15 is 0 Å². The van der Waals surface area contributed by atoms with Crippen LogP contribution in [-0.2, 0) is 6.61 Å². The van der Waals surface area contributed by atoms with Gasteiger partial charge in [0.15, 0.2) is 0 Å². The molecule has 13 heavy (non-hydrogen) atoms. The van der Waals surface area contributed by atoms with Gasteiger partial charge < -0.3 is 5.11 Å². The van der Waals surface area contributed by atoms with Crippen molar-refractivity contribution in [3.05, 3.63) is 17.5 Å². The summed E-state index contributed by atoms with van der Waals surface area (Å²) < 4.78 is 2.02. The number of nitrogens with zero attached hydrogens (tertiary/aromatic N) is 2. The molecule has 0 saturated heterocycles. The van der Waals surface area contributed by atoms with Crippen LogP contribution >= 0.6 is 0 Å². The van der Waals surface area contributed by atoms with Crippen molar-refractivity contribution in [1.29, 1.82) is 0 Å². The first-order valence-corrected chi connectivity index (χ1v) is 4.88. The molecule has 0 unspecified atom stereocenters. The predicted octanol–water partition coefficient (Wildman–Crippen LogP) is 2.04.